The van der Waals surface area contributed by atoms with Crippen molar-refractivity contribution in [2.45, 2.75) is 65.2 Å². The molecule has 1 aromatic carbocycles. The standard InChI is InChI=1S/C26H41NO10P2/c1-7-32-24(28)23(38(30,34-9-3)35-10-4)18-26(25(29)33-8-2,39(31,36-11-5)37-12-6)17-20-19-27-22-16-14-13-15-21(20)22/h13-16,19,23,27H,7-12,17-18H2,1-6H3. The van der Waals surface area contributed by atoms with Crippen LogP contribution in [0.4, 0.5) is 0 Å². The molecule has 220 valence electrons. The fourth-order valence-corrected chi connectivity index (χ4v) is 8.96. The van der Waals surface area contributed by atoms with Crippen LogP contribution < -0.4 is 0 Å². The van der Waals surface area contributed by atoms with Crippen LogP contribution >= 0.6 is 15.2 Å². The Morgan fingerprint density at radius 3 is 1.92 bits per heavy atom. The lowest BCUT2D eigenvalue weighted by molar-refractivity contribution is -0.148. The Kier molecular flexibility index (Phi) is 12.9. The zero-order valence-electron chi connectivity index (χ0n) is 23.6. The van der Waals surface area contributed by atoms with Gasteiger partial charge < -0.3 is 32.6 Å². The zero-order valence-corrected chi connectivity index (χ0v) is 25.4. The molecule has 0 fully saturated rings. The SMILES string of the molecule is CCOC(=O)C(CC(Cc1c[nH]c2ccccc12)(C(=O)OCC)P(=O)(OCC)OCC)P(=O)(OCC)OCC. The van der Waals surface area contributed by atoms with Crippen LogP contribution in [0.3, 0.4) is 0 Å². The Morgan fingerprint density at radius 1 is 0.821 bits per heavy atom. The first-order chi connectivity index (χ1) is 18.6. The number of carbonyl (C=O) groups is 2. The molecule has 1 aromatic heterocycles. The average Bonchev–Trinajstić information content (AvgIpc) is 3.29. The number of hydrogen-bond donors (Lipinski definition) is 1. The summed E-state index contributed by atoms with van der Waals surface area (Å²) in [4.78, 5) is 30.5. The van der Waals surface area contributed by atoms with Crippen molar-refractivity contribution in [1.29, 1.82) is 0 Å². The first-order valence-electron chi connectivity index (χ1n) is 13.3. The Balaban J connectivity index is 2.91. The fraction of sp³-hybridized carbons (Fsp3) is 0.615. The molecule has 0 aliphatic heterocycles. The van der Waals surface area contributed by atoms with Crippen molar-refractivity contribution >= 4 is 38.0 Å². The average molecular weight is 590 g/mol. The van der Waals surface area contributed by atoms with Gasteiger partial charge in [0.25, 0.3) is 0 Å². The van der Waals surface area contributed by atoms with Gasteiger partial charge in [-0.05, 0) is 53.2 Å². The lowest BCUT2D eigenvalue weighted by atomic mass is 9.93. The largest absolute Gasteiger partial charge is 0.465 e. The Hall–Kier alpha value is -2.00. The summed E-state index contributed by atoms with van der Waals surface area (Å²) in [5, 5.41) is -1.35. The number of fused-ring (bicyclic) bond motifs is 1. The second kappa shape index (κ2) is 15.1. The molecule has 0 aliphatic rings. The highest BCUT2D eigenvalue weighted by Crippen LogP contribution is 2.67. The number of aromatic nitrogens is 1. The van der Waals surface area contributed by atoms with E-state index in [1.54, 1.807) is 47.7 Å². The summed E-state index contributed by atoms with van der Waals surface area (Å²) in [6, 6.07) is 7.38. The van der Waals surface area contributed by atoms with Crippen LogP contribution in [0.5, 0.6) is 0 Å². The molecule has 0 saturated heterocycles. The van der Waals surface area contributed by atoms with E-state index < -0.39 is 44.4 Å². The molecule has 0 bridgehead atoms. The third-order valence-corrected chi connectivity index (χ3v) is 11.2. The van der Waals surface area contributed by atoms with E-state index in [-0.39, 0.29) is 46.1 Å². The van der Waals surface area contributed by atoms with Gasteiger partial charge >= 0.3 is 27.1 Å². The minimum Gasteiger partial charge on any atom is -0.465 e. The van der Waals surface area contributed by atoms with E-state index in [9.17, 15) is 18.7 Å². The number of esters is 2. The number of aromatic amines is 1. The van der Waals surface area contributed by atoms with Crippen LogP contribution in [0.25, 0.3) is 10.9 Å². The quantitative estimate of drug-likeness (QED) is 0.166. The summed E-state index contributed by atoms with van der Waals surface area (Å²) >= 11 is 0. The molecule has 0 saturated carbocycles. The molecule has 1 heterocycles. The molecular formula is C26H41NO10P2. The third-order valence-electron chi connectivity index (χ3n) is 6.03. The first-order valence-corrected chi connectivity index (χ1v) is 16.4. The molecular weight excluding hydrogens is 548 g/mol. The van der Waals surface area contributed by atoms with Gasteiger partial charge in [0.05, 0.1) is 39.6 Å². The number of carbonyl (C=O) groups excluding carboxylic acids is 2. The second-order valence-electron chi connectivity index (χ2n) is 8.47. The monoisotopic (exact) mass is 589 g/mol. The second-order valence-corrected chi connectivity index (χ2v) is 13.1. The highest BCUT2D eigenvalue weighted by Gasteiger charge is 2.62. The van der Waals surface area contributed by atoms with Crippen molar-refractivity contribution in [3.05, 3.63) is 36.0 Å². The van der Waals surface area contributed by atoms with E-state index >= 15 is 0 Å². The molecule has 0 radical (unpaired) electrons. The minimum atomic E-state index is -4.41. The number of ether oxygens (including phenoxy) is 2. The lowest BCUT2D eigenvalue weighted by Crippen LogP contribution is -2.48. The maximum atomic E-state index is 14.7. The summed E-state index contributed by atoms with van der Waals surface area (Å²) in [7, 11) is -8.65. The first kappa shape index (κ1) is 33.2. The predicted octanol–water partition coefficient (Wildman–Crippen LogP) is 5.87. The highest BCUT2D eigenvalue weighted by molar-refractivity contribution is 7.57. The fourth-order valence-electron chi connectivity index (χ4n) is 4.49. The van der Waals surface area contributed by atoms with Gasteiger partial charge in [-0.25, -0.2) is 0 Å². The molecule has 2 unspecified atom stereocenters. The lowest BCUT2D eigenvalue weighted by Gasteiger charge is -2.39. The van der Waals surface area contributed by atoms with Crippen molar-refractivity contribution in [1.82, 2.24) is 4.98 Å². The summed E-state index contributed by atoms with van der Waals surface area (Å²) in [6.45, 7) is 9.33. The molecule has 0 amide bonds. The van der Waals surface area contributed by atoms with Gasteiger partial charge in [0.15, 0.2) is 10.8 Å². The van der Waals surface area contributed by atoms with Gasteiger partial charge in [-0.1, -0.05) is 18.2 Å². The molecule has 11 nitrogen and oxygen atoms in total. The smallest absolute Gasteiger partial charge is 0.348 e. The van der Waals surface area contributed by atoms with Gasteiger partial charge in [-0.15, -0.1) is 0 Å². The molecule has 0 spiro atoms. The minimum absolute atomic E-state index is 0.0307. The van der Waals surface area contributed by atoms with Gasteiger partial charge in [0.1, 0.15) is 0 Å². The van der Waals surface area contributed by atoms with Crippen LogP contribution in [0.1, 0.15) is 53.5 Å². The van der Waals surface area contributed by atoms with E-state index in [1.807, 2.05) is 24.3 Å². The van der Waals surface area contributed by atoms with Crippen LogP contribution in [-0.2, 0) is 52.7 Å². The summed E-state index contributed by atoms with van der Waals surface area (Å²) in [6.07, 6.45) is 0.866. The maximum absolute atomic E-state index is 14.7. The number of hydrogen-bond acceptors (Lipinski definition) is 10. The normalized spacial score (nSPS) is 14.6. The third kappa shape index (κ3) is 7.40. The number of rotatable bonds is 18. The molecule has 2 rings (SSSR count). The van der Waals surface area contributed by atoms with Crippen molar-refractivity contribution in [2.75, 3.05) is 39.6 Å². The van der Waals surface area contributed by atoms with Crippen LogP contribution in [0.2, 0.25) is 0 Å². The molecule has 2 atom stereocenters. The highest BCUT2D eigenvalue weighted by atomic mass is 31.2. The molecule has 2 aromatic rings. The van der Waals surface area contributed by atoms with Crippen molar-refractivity contribution in [2.24, 2.45) is 0 Å². The Labute approximate surface area is 230 Å². The van der Waals surface area contributed by atoms with Crippen molar-refractivity contribution in [3.8, 4) is 0 Å². The molecule has 39 heavy (non-hydrogen) atoms. The van der Waals surface area contributed by atoms with E-state index in [0.29, 0.717) is 5.56 Å². The van der Waals surface area contributed by atoms with E-state index in [0.717, 1.165) is 10.9 Å². The molecule has 13 heteroatoms. The zero-order chi connectivity index (χ0) is 29.1. The summed E-state index contributed by atoms with van der Waals surface area (Å²) in [5.41, 5.74) is -0.242. The van der Waals surface area contributed by atoms with E-state index in [2.05, 4.69) is 4.98 Å². The van der Waals surface area contributed by atoms with E-state index in [4.69, 9.17) is 27.6 Å². The van der Waals surface area contributed by atoms with Crippen molar-refractivity contribution < 1.29 is 46.3 Å². The molecule has 1 N–H and O–H groups in total. The van der Waals surface area contributed by atoms with Gasteiger partial charge in [0, 0.05) is 29.9 Å². The van der Waals surface area contributed by atoms with Gasteiger partial charge in [0.2, 0.25) is 0 Å². The number of para-hydroxylation sites is 1. The van der Waals surface area contributed by atoms with Gasteiger partial charge in [-0.2, -0.15) is 0 Å². The van der Waals surface area contributed by atoms with Crippen LogP contribution in [-0.4, -0.2) is 67.4 Å². The summed E-state index contributed by atoms with van der Waals surface area (Å²) in [5.74, 6) is -1.84. The Morgan fingerprint density at radius 2 is 1.38 bits per heavy atom. The van der Waals surface area contributed by atoms with Crippen LogP contribution in [0.15, 0.2) is 30.5 Å². The number of nitrogens with one attached hydrogen (secondary N) is 1. The van der Waals surface area contributed by atoms with Gasteiger partial charge in [-0.3, -0.25) is 18.7 Å². The number of benzene rings is 1. The van der Waals surface area contributed by atoms with Crippen molar-refractivity contribution in [3.63, 3.8) is 0 Å². The number of H-pyrrole nitrogens is 1. The van der Waals surface area contributed by atoms with E-state index in [1.165, 1.54) is 0 Å². The Bertz CT molecular complexity index is 1160. The topological polar surface area (TPSA) is 139 Å². The maximum Gasteiger partial charge on any atom is 0.348 e. The predicted molar refractivity (Wildman–Crippen MR) is 148 cm³/mol. The summed E-state index contributed by atoms with van der Waals surface area (Å²) < 4.78 is 62.0. The van der Waals surface area contributed by atoms with Crippen LogP contribution in [0, 0.1) is 0 Å². The molecule has 0 aliphatic carbocycles.